The molecule has 0 spiro atoms. The van der Waals surface area contributed by atoms with Gasteiger partial charge in [-0.1, -0.05) is 23.5 Å². The molecule has 3 rings (SSSR count). The van der Waals surface area contributed by atoms with Crippen LogP contribution < -0.4 is 4.72 Å². The second kappa shape index (κ2) is 4.86. The van der Waals surface area contributed by atoms with Crippen LogP contribution in [0.15, 0.2) is 40.6 Å². The maximum absolute atomic E-state index is 12.2. The van der Waals surface area contributed by atoms with Gasteiger partial charge in [-0.25, -0.2) is 13.4 Å². The fourth-order valence-electron chi connectivity index (χ4n) is 1.61. The Labute approximate surface area is 123 Å². The van der Waals surface area contributed by atoms with Gasteiger partial charge in [0.2, 0.25) is 0 Å². The number of hydrogen-bond donors (Lipinski definition) is 1. The van der Waals surface area contributed by atoms with Crippen molar-refractivity contribution in [3.63, 3.8) is 0 Å². The van der Waals surface area contributed by atoms with Gasteiger partial charge in [-0.3, -0.25) is 4.72 Å². The number of aromatic nitrogens is 1. The van der Waals surface area contributed by atoms with Crippen LogP contribution in [0, 0.1) is 11.3 Å². The van der Waals surface area contributed by atoms with Crippen LogP contribution in [-0.2, 0) is 10.0 Å². The molecular formula is C12H7N3O2S3. The van der Waals surface area contributed by atoms with Gasteiger partial charge in [0.05, 0.1) is 10.2 Å². The normalized spacial score (nSPS) is 11.3. The van der Waals surface area contributed by atoms with Gasteiger partial charge >= 0.3 is 0 Å². The van der Waals surface area contributed by atoms with Crippen LogP contribution in [0.5, 0.6) is 0 Å². The van der Waals surface area contributed by atoms with Crippen molar-refractivity contribution >= 4 is 48.0 Å². The first-order chi connectivity index (χ1) is 9.58. The van der Waals surface area contributed by atoms with Crippen LogP contribution in [0.4, 0.5) is 5.13 Å². The molecule has 0 saturated carbocycles. The Hall–Kier alpha value is -1.95. The third-order valence-electron chi connectivity index (χ3n) is 2.47. The molecular weight excluding hydrogens is 314 g/mol. The number of sulfonamides is 1. The van der Waals surface area contributed by atoms with Crippen LogP contribution >= 0.6 is 22.7 Å². The second-order valence-electron chi connectivity index (χ2n) is 3.82. The number of benzene rings is 1. The van der Waals surface area contributed by atoms with Crippen molar-refractivity contribution in [2.45, 2.75) is 4.21 Å². The molecule has 0 bridgehead atoms. The minimum absolute atomic E-state index is 0.105. The molecule has 0 saturated heterocycles. The molecule has 0 atom stereocenters. The number of nitriles is 1. The summed E-state index contributed by atoms with van der Waals surface area (Å²) in [7, 11) is -3.68. The van der Waals surface area contributed by atoms with E-state index in [1.807, 2.05) is 30.3 Å². The molecule has 0 amide bonds. The Morgan fingerprint density at radius 3 is 2.65 bits per heavy atom. The summed E-state index contributed by atoms with van der Waals surface area (Å²) in [5.41, 5.74) is 0.749. The summed E-state index contributed by atoms with van der Waals surface area (Å²) in [6, 6.07) is 12.2. The fourth-order valence-corrected chi connectivity index (χ4v) is 4.81. The number of anilines is 1. The lowest BCUT2D eigenvalue weighted by Crippen LogP contribution is -2.10. The second-order valence-corrected chi connectivity index (χ2v) is 7.85. The van der Waals surface area contributed by atoms with Crippen LogP contribution in [0.2, 0.25) is 0 Å². The summed E-state index contributed by atoms with van der Waals surface area (Å²) < 4.78 is 27.8. The standard InChI is InChI=1S/C12H7N3O2S3/c13-7-8-5-6-11(18-8)20(16,17)15-12-14-9-3-1-2-4-10(9)19-12/h1-6H,(H,14,15). The third-order valence-corrected chi connectivity index (χ3v) is 6.37. The zero-order valence-electron chi connectivity index (χ0n) is 9.90. The Balaban J connectivity index is 1.95. The van der Waals surface area contributed by atoms with E-state index in [0.717, 1.165) is 21.6 Å². The number of nitrogens with one attached hydrogen (secondary N) is 1. The lowest BCUT2D eigenvalue weighted by molar-refractivity contribution is 0.603. The van der Waals surface area contributed by atoms with Gasteiger partial charge in [-0.15, -0.1) is 11.3 Å². The molecule has 100 valence electrons. The summed E-state index contributed by atoms with van der Waals surface area (Å²) >= 11 is 2.20. The zero-order valence-corrected chi connectivity index (χ0v) is 12.3. The Morgan fingerprint density at radius 2 is 1.95 bits per heavy atom. The van der Waals surface area contributed by atoms with Gasteiger partial charge in [-0.2, -0.15) is 5.26 Å². The monoisotopic (exact) mass is 321 g/mol. The van der Waals surface area contributed by atoms with Gasteiger partial charge in [0.15, 0.2) is 5.13 Å². The fraction of sp³-hybridized carbons (Fsp3) is 0. The van der Waals surface area contributed by atoms with Crippen molar-refractivity contribution < 1.29 is 8.42 Å². The predicted molar refractivity (Wildman–Crippen MR) is 79.5 cm³/mol. The molecule has 0 radical (unpaired) electrons. The number of para-hydroxylation sites is 1. The Bertz CT molecular complexity index is 886. The van der Waals surface area contributed by atoms with E-state index in [2.05, 4.69) is 9.71 Å². The number of fused-ring (bicyclic) bond motifs is 1. The SMILES string of the molecule is N#Cc1ccc(S(=O)(=O)Nc2nc3ccccc3s2)s1. The van der Waals surface area contributed by atoms with Crippen molar-refractivity contribution in [1.82, 2.24) is 4.98 Å². The van der Waals surface area contributed by atoms with Crippen molar-refractivity contribution in [1.29, 1.82) is 5.26 Å². The third kappa shape index (κ3) is 2.38. The molecule has 0 fully saturated rings. The molecule has 1 aromatic carbocycles. The quantitative estimate of drug-likeness (QED) is 0.803. The highest BCUT2D eigenvalue weighted by molar-refractivity contribution is 7.94. The molecule has 20 heavy (non-hydrogen) atoms. The molecule has 0 unspecified atom stereocenters. The maximum Gasteiger partial charge on any atom is 0.273 e. The van der Waals surface area contributed by atoms with E-state index in [-0.39, 0.29) is 4.21 Å². The van der Waals surface area contributed by atoms with Gasteiger partial charge in [0.25, 0.3) is 10.0 Å². The largest absolute Gasteiger partial charge is 0.273 e. The van der Waals surface area contributed by atoms with Gasteiger partial charge in [0.1, 0.15) is 15.2 Å². The highest BCUT2D eigenvalue weighted by atomic mass is 32.2. The summed E-state index contributed by atoms with van der Waals surface area (Å²) in [6.45, 7) is 0. The highest BCUT2D eigenvalue weighted by Crippen LogP contribution is 2.29. The van der Waals surface area contributed by atoms with E-state index in [9.17, 15) is 8.42 Å². The van der Waals surface area contributed by atoms with E-state index < -0.39 is 10.0 Å². The minimum atomic E-state index is -3.68. The number of hydrogen-bond acceptors (Lipinski definition) is 6. The van der Waals surface area contributed by atoms with Crippen LogP contribution in [0.1, 0.15) is 4.88 Å². The van der Waals surface area contributed by atoms with Crippen LogP contribution in [-0.4, -0.2) is 13.4 Å². The number of thiophene rings is 1. The van der Waals surface area contributed by atoms with E-state index in [1.54, 1.807) is 0 Å². The molecule has 2 heterocycles. The average molecular weight is 321 g/mol. The van der Waals surface area contributed by atoms with Crippen LogP contribution in [0.3, 0.4) is 0 Å². The first-order valence-electron chi connectivity index (χ1n) is 5.47. The lowest BCUT2D eigenvalue weighted by atomic mass is 10.3. The molecule has 3 aromatic rings. The minimum Gasteiger partial charge on any atom is -0.254 e. The number of rotatable bonds is 3. The summed E-state index contributed by atoms with van der Waals surface area (Å²) in [6.07, 6.45) is 0. The van der Waals surface area contributed by atoms with Crippen molar-refractivity contribution in [3.05, 3.63) is 41.3 Å². The lowest BCUT2D eigenvalue weighted by Gasteiger charge is -2.00. The van der Waals surface area contributed by atoms with E-state index in [4.69, 9.17) is 5.26 Å². The van der Waals surface area contributed by atoms with Crippen molar-refractivity contribution in [2.75, 3.05) is 4.72 Å². The van der Waals surface area contributed by atoms with Gasteiger partial charge in [-0.05, 0) is 24.3 Å². The summed E-state index contributed by atoms with van der Waals surface area (Å²) in [4.78, 5) is 4.57. The van der Waals surface area contributed by atoms with Crippen LogP contribution in [0.25, 0.3) is 10.2 Å². The Morgan fingerprint density at radius 1 is 1.15 bits per heavy atom. The van der Waals surface area contributed by atoms with E-state index in [1.165, 1.54) is 23.5 Å². The molecule has 0 aliphatic heterocycles. The smallest absolute Gasteiger partial charge is 0.254 e. The number of thiazole rings is 1. The first kappa shape index (κ1) is 13.1. The topological polar surface area (TPSA) is 82.8 Å². The highest BCUT2D eigenvalue weighted by Gasteiger charge is 2.18. The molecule has 0 aliphatic carbocycles. The van der Waals surface area contributed by atoms with E-state index in [0.29, 0.717) is 10.0 Å². The number of nitrogens with zero attached hydrogens (tertiary/aromatic N) is 2. The summed E-state index contributed by atoms with van der Waals surface area (Å²) in [5.74, 6) is 0. The van der Waals surface area contributed by atoms with Gasteiger partial charge in [0, 0.05) is 0 Å². The first-order valence-corrected chi connectivity index (χ1v) is 8.58. The van der Waals surface area contributed by atoms with Crippen molar-refractivity contribution in [2.24, 2.45) is 0 Å². The molecule has 0 aliphatic rings. The molecule has 5 nitrogen and oxygen atoms in total. The van der Waals surface area contributed by atoms with Gasteiger partial charge < -0.3 is 0 Å². The van der Waals surface area contributed by atoms with E-state index >= 15 is 0 Å². The van der Waals surface area contributed by atoms with Crippen molar-refractivity contribution in [3.8, 4) is 6.07 Å². The molecule has 2 aromatic heterocycles. The summed E-state index contributed by atoms with van der Waals surface area (Å²) in [5, 5.41) is 9.05. The average Bonchev–Trinajstić information content (AvgIpc) is 3.04. The Kier molecular flexibility index (Phi) is 3.17. The maximum atomic E-state index is 12.2. The molecule has 1 N–H and O–H groups in total. The molecule has 8 heteroatoms. The predicted octanol–water partition coefficient (Wildman–Crippen LogP) is 3.03. The zero-order chi connectivity index (χ0) is 14.2.